The van der Waals surface area contributed by atoms with E-state index in [0.717, 1.165) is 44.8 Å². The van der Waals surface area contributed by atoms with Crippen LogP contribution in [0.1, 0.15) is 31.0 Å². The molecule has 0 aliphatic carbocycles. The molecule has 1 amide bonds. The summed E-state index contributed by atoms with van der Waals surface area (Å²) >= 11 is 0. The first-order valence-electron chi connectivity index (χ1n) is 7.68. The lowest BCUT2D eigenvalue weighted by Crippen LogP contribution is -2.45. The minimum absolute atomic E-state index is 0.0152. The number of hydrogen-bond donors (Lipinski definition) is 1. The highest BCUT2D eigenvalue weighted by Gasteiger charge is 2.29. The molecule has 21 heavy (non-hydrogen) atoms. The molecule has 2 fully saturated rings. The topological polar surface area (TPSA) is 72.3 Å². The first kappa shape index (κ1) is 14.5. The Morgan fingerprint density at radius 2 is 2.48 bits per heavy atom. The van der Waals surface area contributed by atoms with Crippen LogP contribution in [-0.4, -0.2) is 64.5 Å². The maximum atomic E-state index is 12.4. The summed E-state index contributed by atoms with van der Waals surface area (Å²) < 4.78 is 7.57. The van der Waals surface area contributed by atoms with Crippen molar-refractivity contribution >= 4 is 5.91 Å². The SMILES string of the molecule is Cn1cnnc1C1CCCN(C(=O)CC2CNCCO2)C1. The third-order valence-corrected chi connectivity index (χ3v) is 4.29. The Hall–Kier alpha value is -1.47. The lowest BCUT2D eigenvalue weighted by Gasteiger charge is -2.33. The van der Waals surface area contributed by atoms with E-state index in [1.165, 1.54) is 0 Å². The van der Waals surface area contributed by atoms with Gasteiger partial charge in [-0.3, -0.25) is 4.79 Å². The quantitative estimate of drug-likeness (QED) is 0.842. The van der Waals surface area contributed by atoms with Crippen molar-refractivity contribution in [2.75, 3.05) is 32.8 Å². The Labute approximate surface area is 124 Å². The molecule has 1 aromatic heterocycles. The normalized spacial score (nSPS) is 26.8. The molecule has 1 N–H and O–H groups in total. The maximum Gasteiger partial charge on any atom is 0.225 e. The number of nitrogens with zero attached hydrogens (tertiary/aromatic N) is 4. The predicted octanol–water partition coefficient (Wildman–Crippen LogP) is -0.100. The summed E-state index contributed by atoms with van der Waals surface area (Å²) in [4.78, 5) is 14.4. The van der Waals surface area contributed by atoms with Gasteiger partial charge in [-0.05, 0) is 12.8 Å². The van der Waals surface area contributed by atoms with E-state index in [2.05, 4.69) is 15.5 Å². The van der Waals surface area contributed by atoms with Crippen LogP contribution in [0.2, 0.25) is 0 Å². The highest BCUT2D eigenvalue weighted by atomic mass is 16.5. The molecule has 0 saturated carbocycles. The number of carbonyl (C=O) groups excluding carboxylic acids is 1. The van der Waals surface area contributed by atoms with Crippen molar-refractivity contribution in [3.05, 3.63) is 12.2 Å². The van der Waals surface area contributed by atoms with E-state index in [9.17, 15) is 4.79 Å². The number of carbonyl (C=O) groups is 1. The molecule has 2 saturated heterocycles. The second kappa shape index (κ2) is 6.53. The smallest absolute Gasteiger partial charge is 0.225 e. The summed E-state index contributed by atoms with van der Waals surface area (Å²) in [5.41, 5.74) is 0. The summed E-state index contributed by atoms with van der Waals surface area (Å²) in [5, 5.41) is 11.4. The fraction of sp³-hybridized carbons (Fsp3) is 0.786. The van der Waals surface area contributed by atoms with Gasteiger partial charge < -0.3 is 19.5 Å². The highest BCUT2D eigenvalue weighted by Crippen LogP contribution is 2.25. The predicted molar refractivity (Wildman–Crippen MR) is 76.8 cm³/mol. The largest absolute Gasteiger partial charge is 0.375 e. The number of aromatic nitrogens is 3. The summed E-state index contributed by atoms with van der Waals surface area (Å²) in [7, 11) is 1.96. The van der Waals surface area contributed by atoms with E-state index in [-0.39, 0.29) is 12.0 Å². The zero-order valence-electron chi connectivity index (χ0n) is 12.5. The Balaban J connectivity index is 1.57. The molecule has 116 valence electrons. The van der Waals surface area contributed by atoms with E-state index in [1.54, 1.807) is 6.33 Å². The van der Waals surface area contributed by atoms with Crippen LogP contribution in [0.15, 0.2) is 6.33 Å². The number of nitrogens with one attached hydrogen (secondary N) is 1. The highest BCUT2D eigenvalue weighted by molar-refractivity contribution is 5.77. The molecule has 0 aromatic carbocycles. The van der Waals surface area contributed by atoms with Gasteiger partial charge in [0.05, 0.1) is 19.1 Å². The average molecular weight is 293 g/mol. The van der Waals surface area contributed by atoms with Gasteiger partial charge in [0.1, 0.15) is 12.2 Å². The van der Waals surface area contributed by atoms with Crippen molar-refractivity contribution < 1.29 is 9.53 Å². The van der Waals surface area contributed by atoms with E-state index in [4.69, 9.17) is 4.74 Å². The number of piperidine rings is 1. The molecule has 2 aliphatic heterocycles. The molecular formula is C14H23N5O2. The first-order chi connectivity index (χ1) is 10.2. The molecule has 0 spiro atoms. The Bertz CT molecular complexity index is 483. The van der Waals surface area contributed by atoms with Crippen LogP contribution in [0, 0.1) is 0 Å². The van der Waals surface area contributed by atoms with Gasteiger partial charge in [-0.1, -0.05) is 0 Å². The van der Waals surface area contributed by atoms with Crippen molar-refractivity contribution in [3.8, 4) is 0 Å². The Kier molecular flexibility index (Phi) is 4.50. The van der Waals surface area contributed by atoms with Crippen molar-refractivity contribution in [1.29, 1.82) is 0 Å². The van der Waals surface area contributed by atoms with Crippen LogP contribution in [0.5, 0.6) is 0 Å². The number of hydrogen-bond acceptors (Lipinski definition) is 5. The molecule has 0 bridgehead atoms. The zero-order chi connectivity index (χ0) is 14.7. The zero-order valence-corrected chi connectivity index (χ0v) is 12.5. The first-order valence-corrected chi connectivity index (χ1v) is 7.68. The summed E-state index contributed by atoms with van der Waals surface area (Å²) in [6.07, 6.45) is 4.29. The molecule has 3 heterocycles. The summed E-state index contributed by atoms with van der Waals surface area (Å²) in [6.45, 7) is 3.92. The van der Waals surface area contributed by atoms with E-state index < -0.39 is 0 Å². The molecule has 2 atom stereocenters. The molecule has 7 heteroatoms. The lowest BCUT2D eigenvalue weighted by atomic mass is 9.96. The number of ether oxygens (including phenoxy) is 1. The average Bonchev–Trinajstić information content (AvgIpc) is 2.94. The molecule has 2 unspecified atom stereocenters. The third-order valence-electron chi connectivity index (χ3n) is 4.29. The van der Waals surface area contributed by atoms with E-state index in [0.29, 0.717) is 18.9 Å². The minimum Gasteiger partial charge on any atom is -0.375 e. The second-order valence-corrected chi connectivity index (χ2v) is 5.88. The summed E-state index contributed by atoms with van der Waals surface area (Å²) in [5.74, 6) is 1.46. The Morgan fingerprint density at radius 3 is 3.19 bits per heavy atom. The molecule has 7 nitrogen and oxygen atoms in total. The summed E-state index contributed by atoms with van der Waals surface area (Å²) in [6, 6.07) is 0. The second-order valence-electron chi connectivity index (χ2n) is 5.88. The monoisotopic (exact) mass is 293 g/mol. The van der Waals surface area contributed by atoms with Gasteiger partial charge in [0.25, 0.3) is 0 Å². The van der Waals surface area contributed by atoms with Crippen LogP contribution in [0.4, 0.5) is 0 Å². The standard InChI is InChI=1S/C14H23N5O2/c1-18-10-16-17-14(18)11-3-2-5-19(9-11)13(20)7-12-8-15-4-6-21-12/h10-12,15H,2-9H2,1H3. The van der Waals surface area contributed by atoms with Crippen molar-refractivity contribution in [3.63, 3.8) is 0 Å². The van der Waals surface area contributed by atoms with Crippen LogP contribution in [0.3, 0.4) is 0 Å². The molecule has 2 aliphatic rings. The van der Waals surface area contributed by atoms with Crippen LogP contribution < -0.4 is 5.32 Å². The van der Waals surface area contributed by atoms with Gasteiger partial charge in [-0.15, -0.1) is 10.2 Å². The molecule has 1 aromatic rings. The minimum atomic E-state index is 0.0152. The van der Waals surface area contributed by atoms with Crippen LogP contribution in [-0.2, 0) is 16.6 Å². The molecule has 0 radical (unpaired) electrons. The molecular weight excluding hydrogens is 270 g/mol. The number of likely N-dealkylation sites (tertiary alicyclic amines) is 1. The Morgan fingerprint density at radius 1 is 1.57 bits per heavy atom. The van der Waals surface area contributed by atoms with E-state index >= 15 is 0 Å². The van der Waals surface area contributed by atoms with Gasteiger partial charge >= 0.3 is 0 Å². The van der Waals surface area contributed by atoms with Gasteiger partial charge in [-0.25, -0.2) is 0 Å². The van der Waals surface area contributed by atoms with Crippen molar-refractivity contribution in [1.82, 2.24) is 25.0 Å². The van der Waals surface area contributed by atoms with E-state index in [1.807, 2.05) is 16.5 Å². The van der Waals surface area contributed by atoms with Gasteiger partial charge in [-0.2, -0.15) is 0 Å². The van der Waals surface area contributed by atoms with Crippen molar-refractivity contribution in [2.45, 2.75) is 31.3 Å². The lowest BCUT2D eigenvalue weighted by molar-refractivity contribution is -0.136. The van der Waals surface area contributed by atoms with Gasteiger partial charge in [0.2, 0.25) is 5.91 Å². The van der Waals surface area contributed by atoms with Gasteiger partial charge in [0, 0.05) is 39.1 Å². The third kappa shape index (κ3) is 3.41. The molecule has 3 rings (SSSR count). The number of amides is 1. The van der Waals surface area contributed by atoms with Crippen LogP contribution >= 0.6 is 0 Å². The fourth-order valence-electron chi connectivity index (χ4n) is 3.15. The maximum absolute atomic E-state index is 12.4. The number of aryl methyl sites for hydroxylation is 1. The number of rotatable bonds is 3. The van der Waals surface area contributed by atoms with Crippen LogP contribution in [0.25, 0.3) is 0 Å². The van der Waals surface area contributed by atoms with Crippen molar-refractivity contribution in [2.24, 2.45) is 7.05 Å². The fourth-order valence-corrected chi connectivity index (χ4v) is 3.15. The number of morpholine rings is 1. The van der Waals surface area contributed by atoms with Gasteiger partial charge in [0.15, 0.2) is 0 Å².